The summed E-state index contributed by atoms with van der Waals surface area (Å²) in [6.45, 7) is 1.66. The summed E-state index contributed by atoms with van der Waals surface area (Å²) in [6.07, 6.45) is -0.0770. The van der Waals surface area contributed by atoms with Crippen LogP contribution in [0.25, 0.3) is 0 Å². The van der Waals surface area contributed by atoms with E-state index in [0.29, 0.717) is 22.9 Å². The highest BCUT2D eigenvalue weighted by molar-refractivity contribution is 7.89. The van der Waals surface area contributed by atoms with Crippen molar-refractivity contribution < 1.29 is 31.1 Å². The second-order valence-corrected chi connectivity index (χ2v) is 8.92. The Balaban J connectivity index is 1.91. The van der Waals surface area contributed by atoms with Gasteiger partial charge in [0.25, 0.3) is 0 Å². The van der Waals surface area contributed by atoms with Gasteiger partial charge in [0.15, 0.2) is 17.5 Å². The first kappa shape index (κ1) is 24.3. The maximum atomic E-state index is 14.1. The average Bonchev–Trinajstić information content (AvgIpc) is 2.79. The van der Waals surface area contributed by atoms with E-state index in [0.717, 1.165) is 6.07 Å². The highest BCUT2D eigenvalue weighted by Gasteiger charge is 2.28. The first-order valence-electron chi connectivity index (χ1n) is 9.77. The summed E-state index contributed by atoms with van der Waals surface area (Å²) in [5, 5.41) is 2.13. The van der Waals surface area contributed by atoms with Crippen molar-refractivity contribution in [1.82, 2.24) is 4.72 Å². The molecule has 1 amide bonds. The molecule has 0 aliphatic rings. The fourth-order valence-corrected chi connectivity index (χ4v) is 4.43. The summed E-state index contributed by atoms with van der Waals surface area (Å²) in [5.41, 5.74) is 0.571. The molecule has 10 heteroatoms. The first-order valence-corrected chi connectivity index (χ1v) is 11.3. The minimum Gasteiger partial charge on any atom is -0.496 e. The van der Waals surface area contributed by atoms with Crippen LogP contribution >= 0.6 is 0 Å². The Kier molecular flexibility index (Phi) is 7.39. The van der Waals surface area contributed by atoms with Gasteiger partial charge in [-0.3, -0.25) is 4.79 Å². The van der Waals surface area contributed by atoms with Gasteiger partial charge < -0.3 is 10.1 Å². The van der Waals surface area contributed by atoms with Crippen LogP contribution in [0.15, 0.2) is 65.6 Å². The van der Waals surface area contributed by atoms with E-state index in [4.69, 9.17) is 4.74 Å². The summed E-state index contributed by atoms with van der Waals surface area (Å²) in [4.78, 5) is 12.8. The number of methoxy groups -OCH3 is 1. The predicted molar refractivity (Wildman–Crippen MR) is 117 cm³/mol. The lowest BCUT2D eigenvalue weighted by Gasteiger charge is -2.19. The molecule has 6 nitrogen and oxygen atoms in total. The van der Waals surface area contributed by atoms with Gasteiger partial charge in [0.2, 0.25) is 15.9 Å². The summed E-state index contributed by atoms with van der Waals surface area (Å²) in [5.74, 6) is -5.21. The van der Waals surface area contributed by atoms with Crippen molar-refractivity contribution in [1.29, 1.82) is 0 Å². The third-order valence-electron chi connectivity index (χ3n) is 4.87. The molecule has 0 saturated carbocycles. The number of rotatable bonds is 8. The van der Waals surface area contributed by atoms with E-state index in [1.807, 2.05) is 0 Å². The number of hydrogen-bond acceptors (Lipinski definition) is 4. The van der Waals surface area contributed by atoms with E-state index in [1.165, 1.54) is 25.3 Å². The van der Waals surface area contributed by atoms with E-state index in [2.05, 4.69) is 10.0 Å². The number of ether oxygens (including phenoxy) is 1. The van der Waals surface area contributed by atoms with Gasteiger partial charge in [0.05, 0.1) is 17.7 Å². The zero-order valence-electron chi connectivity index (χ0n) is 17.7. The molecule has 3 aromatic rings. The highest BCUT2D eigenvalue weighted by Crippen LogP contribution is 2.23. The van der Waals surface area contributed by atoms with Gasteiger partial charge in [-0.2, -0.15) is 4.72 Å². The molecule has 0 spiro atoms. The van der Waals surface area contributed by atoms with Crippen molar-refractivity contribution in [3.63, 3.8) is 0 Å². The second kappa shape index (κ2) is 10.1. The molecule has 0 heterocycles. The van der Waals surface area contributed by atoms with Gasteiger partial charge in [-0.15, -0.1) is 0 Å². The van der Waals surface area contributed by atoms with E-state index >= 15 is 0 Å². The number of amides is 1. The Labute approximate surface area is 189 Å². The summed E-state index contributed by atoms with van der Waals surface area (Å²) < 4.78 is 74.3. The number of hydrogen-bond donors (Lipinski definition) is 2. The van der Waals surface area contributed by atoms with Crippen LogP contribution in [0.2, 0.25) is 0 Å². The standard InChI is InChI=1S/C23H21F3N2O4S/c1-14-12-16(8-11-20(14)32-2)33(30,31)28-19(13-15-6-4-3-5-7-15)23(29)27-18-10-9-17(24)21(25)22(18)26/h3-12,19,28H,13H2,1-2H3,(H,27,29)/t19-/m0/s1. The topological polar surface area (TPSA) is 84.5 Å². The molecule has 174 valence electrons. The summed E-state index contributed by atoms with van der Waals surface area (Å²) >= 11 is 0. The molecule has 0 aliphatic heterocycles. The zero-order chi connectivity index (χ0) is 24.2. The van der Waals surface area contributed by atoms with Crippen LogP contribution in [0.3, 0.4) is 0 Å². The summed E-state index contributed by atoms with van der Waals surface area (Å²) in [7, 11) is -2.73. The zero-order valence-corrected chi connectivity index (χ0v) is 18.5. The normalized spacial score (nSPS) is 12.3. The SMILES string of the molecule is COc1ccc(S(=O)(=O)N[C@@H](Cc2ccccc2)C(=O)Nc2ccc(F)c(F)c2F)cc1C. The van der Waals surface area contributed by atoms with Gasteiger partial charge in [0, 0.05) is 0 Å². The first-order chi connectivity index (χ1) is 15.6. The van der Waals surface area contributed by atoms with Crippen LogP contribution in [-0.2, 0) is 21.2 Å². The van der Waals surface area contributed by atoms with Gasteiger partial charge in [0.1, 0.15) is 11.8 Å². The molecule has 3 aromatic carbocycles. The minimum atomic E-state index is -4.18. The van der Waals surface area contributed by atoms with E-state index in [1.54, 1.807) is 37.3 Å². The second-order valence-electron chi connectivity index (χ2n) is 7.21. The lowest BCUT2D eigenvalue weighted by Crippen LogP contribution is -2.45. The molecule has 2 N–H and O–H groups in total. The number of aryl methyl sites for hydroxylation is 1. The number of sulfonamides is 1. The van der Waals surface area contributed by atoms with Crippen molar-refractivity contribution in [3.8, 4) is 5.75 Å². The molecule has 0 unspecified atom stereocenters. The van der Waals surface area contributed by atoms with Gasteiger partial charge >= 0.3 is 0 Å². The highest BCUT2D eigenvalue weighted by atomic mass is 32.2. The largest absolute Gasteiger partial charge is 0.496 e. The fraction of sp³-hybridized carbons (Fsp3) is 0.174. The van der Waals surface area contributed by atoms with Crippen LogP contribution < -0.4 is 14.8 Å². The molecule has 33 heavy (non-hydrogen) atoms. The maximum absolute atomic E-state index is 14.1. The van der Waals surface area contributed by atoms with Crippen LogP contribution in [0.4, 0.5) is 18.9 Å². The number of halogens is 3. The Morgan fingerprint density at radius 1 is 1.00 bits per heavy atom. The van der Waals surface area contributed by atoms with Crippen molar-refractivity contribution >= 4 is 21.6 Å². The lowest BCUT2D eigenvalue weighted by atomic mass is 10.1. The predicted octanol–water partition coefficient (Wildman–Crippen LogP) is 3.95. The third kappa shape index (κ3) is 5.71. The van der Waals surface area contributed by atoms with Crippen LogP contribution in [0.1, 0.15) is 11.1 Å². The van der Waals surface area contributed by atoms with Crippen LogP contribution in [-0.4, -0.2) is 27.5 Å². The molecule has 0 fully saturated rings. The monoisotopic (exact) mass is 478 g/mol. The van der Waals surface area contributed by atoms with Crippen molar-refractivity contribution in [2.75, 3.05) is 12.4 Å². The van der Waals surface area contributed by atoms with E-state index in [9.17, 15) is 26.4 Å². The molecule has 0 saturated heterocycles. The van der Waals surface area contributed by atoms with E-state index < -0.39 is 45.1 Å². The van der Waals surface area contributed by atoms with Crippen LogP contribution in [0, 0.1) is 24.4 Å². The Morgan fingerprint density at radius 3 is 2.33 bits per heavy atom. The molecule has 0 aromatic heterocycles. The maximum Gasteiger partial charge on any atom is 0.242 e. The number of nitrogens with one attached hydrogen (secondary N) is 2. The van der Waals surface area contributed by atoms with E-state index in [-0.39, 0.29) is 11.3 Å². The molecular weight excluding hydrogens is 457 g/mol. The Morgan fingerprint density at radius 2 is 1.70 bits per heavy atom. The van der Waals surface area contributed by atoms with Crippen molar-refractivity contribution in [2.45, 2.75) is 24.3 Å². The van der Waals surface area contributed by atoms with Gasteiger partial charge in [-0.05, 0) is 54.8 Å². The number of anilines is 1. The smallest absolute Gasteiger partial charge is 0.242 e. The fourth-order valence-electron chi connectivity index (χ4n) is 3.15. The quantitative estimate of drug-likeness (QED) is 0.481. The summed E-state index contributed by atoms with van der Waals surface area (Å²) in [6, 6.07) is 12.8. The number of benzene rings is 3. The molecule has 3 rings (SSSR count). The number of carbonyl (C=O) groups excluding carboxylic acids is 1. The Bertz CT molecular complexity index is 1270. The van der Waals surface area contributed by atoms with Crippen molar-refractivity contribution in [3.05, 3.63) is 89.2 Å². The molecule has 1 atom stereocenters. The molecular formula is C23H21F3N2O4S. The van der Waals surface area contributed by atoms with Gasteiger partial charge in [-0.1, -0.05) is 30.3 Å². The van der Waals surface area contributed by atoms with Crippen LogP contribution in [0.5, 0.6) is 5.75 Å². The Hall–Kier alpha value is -3.37. The van der Waals surface area contributed by atoms with Crippen molar-refractivity contribution in [2.24, 2.45) is 0 Å². The third-order valence-corrected chi connectivity index (χ3v) is 6.34. The lowest BCUT2D eigenvalue weighted by molar-refractivity contribution is -0.117. The minimum absolute atomic E-state index is 0.0770. The number of carbonyl (C=O) groups is 1. The molecule has 0 aliphatic carbocycles. The average molecular weight is 478 g/mol. The molecule has 0 radical (unpaired) electrons. The van der Waals surface area contributed by atoms with Gasteiger partial charge in [-0.25, -0.2) is 21.6 Å². The molecule has 0 bridgehead atoms.